The number of para-hydroxylation sites is 1. The maximum Gasteiger partial charge on any atom is 0.295 e. The predicted molar refractivity (Wildman–Crippen MR) is 102 cm³/mol. The number of benzene rings is 1. The summed E-state index contributed by atoms with van der Waals surface area (Å²) in [5.74, 6) is 0.105. The summed E-state index contributed by atoms with van der Waals surface area (Å²) in [6.07, 6.45) is 1.50. The first-order valence-electron chi connectivity index (χ1n) is 8.34. The van der Waals surface area contributed by atoms with Gasteiger partial charge in [-0.2, -0.15) is 5.10 Å². The van der Waals surface area contributed by atoms with Crippen LogP contribution in [0, 0.1) is 13.8 Å². The fourth-order valence-corrected chi connectivity index (χ4v) is 3.88. The fourth-order valence-electron chi connectivity index (χ4n) is 2.89. The smallest absolute Gasteiger partial charge is 0.295 e. The zero-order valence-corrected chi connectivity index (χ0v) is 15.4. The zero-order chi connectivity index (χ0) is 18.1. The van der Waals surface area contributed by atoms with Crippen LogP contribution in [0.1, 0.15) is 21.9 Å². The molecule has 6 nitrogen and oxygen atoms in total. The molecule has 0 aliphatic heterocycles. The van der Waals surface area contributed by atoms with Gasteiger partial charge in [0.15, 0.2) is 10.9 Å². The lowest BCUT2D eigenvalue weighted by molar-refractivity contribution is 0.0959. The van der Waals surface area contributed by atoms with E-state index in [4.69, 9.17) is 4.42 Å². The van der Waals surface area contributed by atoms with Crippen molar-refractivity contribution in [3.05, 3.63) is 65.9 Å². The van der Waals surface area contributed by atoms with E-state index in [-0.39, 0.29) is 5.91 Å². The van der Waals surface area contributed by atoms with Gasteiger partial charge in [-0.25, -0.2) is 4.98 Å². The van der Waals surface area contributed by atoms with Gasteiger partial charge in [0.2, 0.25) is 0 Å². The number of carbonyl (C=O) groups excluding carboxylic acids is 1. The van der Waals surface area contributed by atoms with Gasteiger partial charge in [0.1, 0.15) is 0 Å². The molecular weight excluding hydrogens is 348 g/mol. The molecule has 132 valence electrons. The summed E-state index contributed by atoms with van der Waals surface area (Å²) < 4.78 is 8.27. The number of rotatable bonds is 5. The second-order valence-electron chi connectivity index (χ2n) is 6.05. The van der Waals surface area contributed by atoms with E-state index < -0.39 is 0 Å². The van der Waals surface area contributed by atoms with E-state index in [0.29, 0.717) is 24.0 Å². The Balaban J connectivity index is 1.66. The number of anilines is 1. The van der Waals surface area contributed by atoms with Crippen LogP contribution < -0.4 is 4.90 Å². The number of furan rings is 1. The summed E-state index contributed by atoms with van der Waals surface area (Å²) >= 11 is 1.50. The van der Waals surface area contributed by atoms with Gasteiger partial charge in [-0.3, -0.25) is 14.4 Å². The van der Waals surface area contributed by atoms with E-state index in [9.17, 15) is 4.79 Å². The molecule has 26 heavy (non-hydrogen) atoms. The third kappa shape index (κ3) is 3.13. The number of aryl methyl sites for hydroxylation is 2. The van der Waals surface area contributed by atoms with Gasteiger partial charge in [0.05, 0.1) is 28.7 Å². The van der Waals surface area contributed by atoms with E-state index in [0.717, 1.165) is 21.6 Å². The average molecular weight is 366 g/mol. The highest BCUT2D eigenvalue weighted by Gasteiger charge is 2.23. The van der Waals surface area contributed by atoms with Gasteiger partial charge in [0, 0.05) is 12.2 Å². The molecule has 0 aliphatic rings. The van der Waals surface area contributed by atoms with E-state index in [2.05, 4.69) is 10.1 Å². The van der Waals surface area contributed by atoms with Crippen molar-refractivity contribution in [2.75, 3.05) is 11.4 Å². The van der Waals surface area contributed by atoms with Crippen LogP contribution >= 0.6 is 11.3 Å². The van der Waals surface area contributed by atoms with Gasteiger partial charge in [-0.15, -0.1) is 0 Å². The molecule has 0 unspecified atom stereocenters. The normalized spacial score (nSPS) is 11.2. The Kier molecular flexibility index (Phi) is 4.30. The molecule has 0 bridgehead atoms. The lowest BCUT2D eigenvalue weighted by Crippen LogP contribution is -2.34. The quantitative estimate of drug-likeness (QED) is 0.534. The molecule has 0 N–H and O–H groups in total. The summed E-state index contributed by atoms with van der Waals surface area (Å²) in [6.45, 7) is 5.02. The van der Waals surface area contributed by atoms with Crippen LogP contribution in [-0.2, 0) is 6.54 Å². The van der Waals surface area contributed by atoms with Gasteiger partial charge >= 0.3 is 0 Å². The number of amides is 1. The summed E-state index contributed by atoms with van der Waals surface area (Å²) in [5, 5.41) is 5.14. The standard InChI is InChI=1S/C19H18N4O2S/c1-13-12-14(2)23(21-13)10-9-22(18(24)16-7-5-11-25-16)19-20-15-6-3-4-8-17(15)26-19/h3-8,11-12H,9-10H2,1-2H3. The first kappa shape index (κ1) is 16.5. The van der Waals surface area contributed by atoms with Crippen molar-refractivity contribution in [3.8, 4) is 0 Å². The van der Waals surface area contributed by atoms with Crippen LogP contribution in [-0.4, -0.2) is 27.2 Å². The van der Waals surface area contributed by atoms with Crippen molar-refractivity contribution < 1.29 is 9.21 Å². The number of fused-ring (bicyclic) bond motifs is 1. The third-order valence-corrected chi connectivity index (χ3v) is 5.19. The maximum absolute atomic E-state index is 13.0. The van der Waals surface area contributed by atoms with Crippen LogP contribution in [0.3, 0.4) is 0 Å². The molecule has 3 aromatic heterocycles. The molecule has 1 aromatic carbocycles. The summed E-state index contributed by atoms with van der Waals surface area (Å²) in [5.41, 5.74) is 2.92. The van der Waals surface area contributed by atoms with Crippen molar-refractivity contribution >= 4 is 32.6 Å². The van der Waals surface area contributed by atoms with E-state index >= 15 is 0 Å². The summed E-state index contributed by atoms with van der Waals surface area (Å²) in [4.78, 5) is 19.3. The second kappa shape index (κ2) is 6.76. The number of thiazole rings is 1. The number of aromatic nitrogens is 3. The van der Waals surface area contributed by atoms with Crippen molar-refractivity contribution in [1.82, 2.24) is 14.8 Å². The molecule has 3 heterocycles. The lowest BCUT2D eigenvalue weighted by Gasteiger charge is -2.19. The Hall–Kier alpha value is -2.93. The van der Waals surface area contributed by atoms with Crippen molar-refractivity contribution in [3.63, 3.8) is 0 Å². The van der Waals surface area contributed by atoms with Crippen molar-refractivity contribution in [2.24, 2.45) is 0 Å². The lowest BCUT2D eigenvalue weighted by atomic mass is 10.3. The second-order valence-corrected chi connectivity index (χ2v) is 7.06. The molecule has 0 radical (unpaired) electrons. The first-order chi connectivity index (χ1) is 12.6. The third-order valence-electron chi connectivity index (χ3n) is 4.13. The molecule has 0 aliphatic carbocycles. The SMILES string of the molecule is Cc1cc(C)n(CCN(C(=O)c2ccco2)c2nc3ccccc3s2)n1. The van der Waals surface area contributed by atoms with Crippen molar-refractivity contribution in [1.29, 1.82) is 0 Å². The zero-order valence-electron chi connectivity index (χ0n) is 14.5. The monoisotopic (exact) mass is 366 g/mol. The molecule has 4 rings (SSSR count). The van der Waals surface area contributed by atoms with Gasteiger partial charge < -0.3 is 4.42 Å². The van der Waals surface area contributed by atoms with Gasteiger partial charge in [-0.05, 0) is 44.2 Å². The highest BCUT2D eigenvalue weighted by Crippen LogP contribution is 2.29. The van der Waals surface area contributed by atoms with E-state index in [1.807, 2.05) is 48.9 Å². The van der Waals surface area contributed by atoms with Crippen LogP contribution in [0.5, 0.6) is 0 Å². The Labute approximate surface area is 154 Å². The molecule has 1 amide bonds. The van der Waals surface area contributed by atoms with E-state index in [1.165, 1.54) is 17.6 Å². The Morgan fingerprint density at radius 2 is 2.08 bits per heavy atom. The summed E-state index contributed by atoms with van der Waals surface area (Å²) in [6, 6.07) is 13.3. The van der Waals surface area contributed by atoms with Gasteiger partial charge in [-0.1, -0.05) is 23.5 Å². The largest absolute Gasteiger partial charge is 0.459 e. The predicted octanol–water partition coefficient (Wildman–Crippen LogP) is 4.05. The highest BCUT2D eigenvalue weighted by molar-refractivity contribution is 7.22. The van der Waals surface area contributed by atoms with Crippen LogP contribution in [0.15, 0.2) is 53.1 Å². The van der Waals surface area contributed by atoms with Crippen molar-refractivity contribution in [2.45, 2.75) is 20.4 Å². The van der Waals surface area contributed by atoms with Crippen LogP contribution in [0.2, 0.25) is 0 Å². The molecular formula is C19H18N4O2S. The topological polar surface area (TPSA) is 64.2 Å². The average Bonchev–Trinajstić information content (AvgIpc) is 3.35. The molecule has 0 fully saturated rings. The molecule has 0 atom stereocenters. The minimum atomic E-state index is -0.199. The highest BCUT2D eigenvalue weighted by atomic mass is 32.1. The Morgan fingerprint density at radius 1 is 1.23 bits per heavy atom. The minimum Gasteiger partial charge on any atom is -0.459 e. The molecule has 7 heteroatoms. The minimum absolute atomic E-state index is 0.199. The molecule has 0 spiro atoms. The molecule has 4 aromatic rings. The van der Waals surface area contributed by atoms with Crippen LogP contribution in [0.4, 0.5) is 5.13 Å². The first-order valence-corrected chi connectivity index (χ1v) is 9.15. The fraction of sp³-hybridized carbons (Fsp3) is 0.211. The Bertz CT molecular complexity index is 1020. The van der Waals surface area contributed by atoms with Crippen LogP contribution in [0.25, 0.3) is 10.2 Å². The summed E-state index contributed by atoms with van der Waals surface area (Å²) in [7, 11) is 0. The molecule has 0 saturated heterocycles. The maximum atomic E-state index is 13.0. The number of nitrogens with zero attached hydrogens (tertiary/aromatic N) is 4. The van der Waals surface area contributed by atoms with Gasteiger partial charge in [0.25, 0.3) is 5.91 Å². The number of hydrogen-bond donors (Lipinski definition) is 0. The number of carbonyl (C=O) groups is 1. The van der Waals surface area contributed by atoms with E-state index in [1.54, 1.807) is 17.0 Å². The Morgan fingerprint density at radius 3 is 2.77 bits per heavy atom. The number of hydrogen-bond acceptors (Lipinski definition) is 5. The molecule has 0 saturated carbocycles.